The number of rotatable bonds is 4. The number of pyridine rings is 1. The van der Waals surface area contributed by atoms with Crippen molar-refractivity contribution in [3.05, 3.63) is 53.5 Å². The van der Waals surface area contributed by atoms with Gasteiger partial charge < -0.3 is 4.90 Å². The van der Waals surface area contributed by atoms with E-state index in [0.29, 0.717) is 6.54 Å². The molecule has 1 aliphatic heterocycles. The Bertz CT molecular complexity index is 858. The molecule has 3 aromatic heterocycles. The molecule has 4 heterocycles. The highest BCUT2D eigenvalue weighted by atomic mass is 32.2. The molecule has 0 fully saturated rings. The lowest BCUT2D eigenvalue weighted by atomic mass is 10.00. The number of carbonyl (C=O) groups excluding carboxylic acids is 1. The average molecular weight is 356 g/mol. The van der Waals surface area contributed by atoms with Gasteiger partial charge in [-0.1, -0.05) is 0 Å². The number of aromatic amines is 1. The number of carbonyl (C=O) groups is 1. The third-order valence-corrected chi connectivity index (χ3v) is 6.55. The fourth-order valence-electron chi connectivity index (χ4n) is 3.01. The number of hydrogen-bond acceptors (Lipinski definition) is 5. The quantitative estimate of drug-likeness (QED) is 0.727. The lowest BCUT2D eigenvalue weighted by Crippen LogP contribution is -2.36. The Morgan fingerprint density at radius 2 is 2.12 bits per heavy atom. The summed E-state index contributed by atoms with van der Waals surface area (Å²) in [7, 11) is 0. The summed E-state index contributed by atoms with van der Waals surface area (Å²) in [6, 6.07) is 5.88. The third-order valence-electron chi connectivity index (χ3n) is 4.16. The second-order valence-corrected chi connectivity index (χ2v) is 7.67. The maximum Gasteiger partial charge on any atom is 0.256 e. The number of hydrogen-bond donors (Lipinski definition) is 1. The maximum atomic E-state index is 13.1. The van der Waals surface area contributed by atoms with Crippen molar-refractivity contribution in [1.82, 2.24) is 20.1 Å². The van der Waals surface area contributed by atoms with E-state index in [9.17, 15) is 4.79 Å². The Hall–Kier alpha value is -2.12. The smallest absolute Gasteiger partial charge is 0.256 e. The van der Waals surface area contributed by atoms with Crippen LogP contribution in [0.3, 0.4) is 0 Å². The zero-order chi connectivity index (χ0) is 16.5. The molecule has 122 valence electrons. The fraction of sp³-hybridized carbons (Fsp3) is 0.235. The van der Waals surface area contributed by atoms with Crippen LogP contribution in [-0.4, -0.2) is 38.8 Å². The topological polar surface area (TPSA) is 61.9 Å². The lowest BCUT2D eigenvalue weighted by Gasteiger charge is -2.28. The molecule has 24 heavy (non-hydrogen) atoms. The molecule has 0 bridgehead atoms. The van der Waals surface area contributed by atoms with E-state index in [0.717, 1.165) is 44.4 Å². The average Bonchev–Trinajstić information content (AvgIpc) is 3.25. The largest absolute Gasteiger partial charge is 0.334 e. The van der Waals surface area contributed by atoms with Crippen LogP contribution >= 0.6 is 23.1 Å². The summed E-state index contributed by atoms with van der Waals surface area (Å²) in [5.41, 5.74) is 4.13. The summed E-state index contributed by atoms with van der Waals surface area (Å²) in [5.74, 6) is 0.124. The van der Waals surface area contributed by atoms with Crippen LogP contribution in [0, 0.1) is 0 Å². The van der Waals surface area contributed by atoms with Crippen molar-refractivity contribution in [3.8, 4) is 10.6 Å². The summed E-state index contributed by atoms with van der Waals surface area (Å²) in [6.45, 7) is 1.36. The Kier molecular flexibility index (Phi) is 4.12. The molecule has 0 aliphatic carbocycles. The van der Waals surface area contributed by atoms with E-state index in [1.807, 2.05) is 29.4 Å². The van der Waals surface area contributed by atoms with Gasteiger partial charge in [0.1, 0.15) is 0 Å². The molecule has 0 radical (unpaired) electrons. The predicted molar refractivity (Wildman–Crippen MR) is 96.4 cm³/mol. The van der Waals surface area contributed by atoms with E-state index < -0.39 is 0 Å². The molecule has 4 rings (SSSR count). The van der Waals surface area contributed by atoms with E-state index in [2.05, 4.69) is 15.2 Å². The minimum atomic E-state index is 0.124. The highest BCUT2D eigenvalue weighted by Crippen LogP contribution is 2.43. The van der Waals surface area contributed by atoms with Gasteiger partial charge >= 0.3 is 0 Å². The van der Waals surface area contributed by atoms with Crippen molar-refractivity contribution in [2.75, 3.05) is 12.8 Å². The van der Waals surface area contributed by atoms with E-state index in [1.165, 1.54) is 0 Å². The number of nitrogens with zero attached hydrogens (tertiary/aromatic N) is 3. The first-order valence-electron chi connectivity index (χ1n) is 7.65. The van der Waals surface area contributed by atoms with Crippen molar-refractivity contribution in [1.29, 1.82) is 0 Å². The predicted octanol–water partition coefficient (Wildman–Crippen LogP) is 3.45. The van der Waals surface area contributed by atoms with E-state index in [1.54, 1.807) is 41.7 Å². The van der Waals surface area contributed by atoms with Crippen LogP contribution in [0.1, 0.15) is 21.5 Å². The van der Waals surface area contributed by atoms with Gasteiger partial charge in [-0.25, -0.2) is 0 Å². The van der Waals surface area contributed by atoms with Crippen molar-refractivity contribution >= 4 is 29.0 Å². The molecular weight excluding hydrogens is 340 g/mol. The van der Waals surface area contributed by atoms with Crippen molar-refractivity contribution in [2.45, 2.75) is 17.2 Å². The second-order valence-electron chi connectivity index (χ2n) is 5.58. The number of thioether (sulfide) groups is 1. The van der Waals surface area contributed by atoms with Crippen LogP contribution in [-0.2, 0) is 13.0 Å². The summed E-state index contributed by atoms with van der Waals surface area (Å²) >= 11 is 3.32. The second kappa shape index (κ2) is 6.41. The van der Waals surface area contributed by atoms with Crippen LogP contribution in [0.15, 0.2) is 41.0 Å². The Labute approximate surface area is 148 Å². The van der Waals surface area contributed by atoms with Gasteiger partial charge in [-0.3, -0.25) is 14.9 Å². The Morgan fingerprint density at radius 1 is 1.29 bits per heavy atom. The van der Waals surface area contributed by atoms with Crippen molar-refractivity contribution < 1.29 is 4.79 Å². The zero-order valence-corrected chi connectivity index (χ0v) is 14.8. The van der Waals surface area contributed by atoms with Crippen LogP contribution in [0.4, 0.5) is 0 Å². The monoisotopic (exact) mass is 356 g/mol. The van der Waals surface area contributed by atoms with Gasteiger partial charge in [0.2, 0.25) is 0 Å². The number of thiophene rings is 1. The zero-order valence-electron chi connectivity index (χ0n) is 13.2. The van der Waals surface area contributed by atoms with Gasteiger partial charge in [0.25, 0.3) is 5.91 Å². The molecular formula is C17H16N4OS2. The minimum absolute atomic E-state index is 0.124. The fourth-order valence-corrected chi connectivity index (χ4v) is 5.05. The summed E-state index contributed by atoms with van der Waals surface area (Å²) in [5, 5.41) is 7.07. The van der Waals surface area contributed by atoms with E-state index >= 15 is 0 Å². The standard InChI is InChI=1S/C17H16N4OS2/c1-23-17-14-12(15(24-17)13-4-8-19-20-13)5-9-21(16(14)22)10-11-2-6-18-7-3-11/h2-4,6-8H,5,9-10H2,1H3,(H,19,20). The minimum Gasteiger partial charge on any atom is -0.334 e. The van der Waals surface area contributed by atoms with Gasteiger partial charge in [-0.05, 0) is 42.0 Å². The molecule has 1 aliphatic rings. The molecule has 7 heteroatoms. The molecule has 0 saturated heterocycles. The molecule has 0 spiro atoms. The normalized spacial score (nSPS) is 14.0. The molecule has 3 aromatic rings. The van der Waals surface area contributed by atoms with Gasteiger partial charge in [0.05, 0.1) is 20.3 Å². The van der Waals surface area contributed by atoms with Crippen molar-refractivity contribution in [2.24, 2.45) is 0 Å². The molecule has 1 N–H and O–H groups in total. The molecule has 0 aromatic carbocycles. The first kappa shape index (κ1) is 15.4. The number of amides is 1. The number of fused-ring (bicyclic) bond motifs is 1. The van der Waals surface area contributed by atoms with Crippen molar-refractivity contribution in [3.63, 3.8) is 0 Å². The van der Waals surface area contributed by atoms with Gasteiger partial charge in [-0.15, -0.1) is 23.1 Å². The first-order valence-corrected chi connectivity index (χ1v) is 9.69. The maximum absolute atomic E-state index is 13.1. The molecule has 0 saturated carbocycles. The van der Waals surface area contributed by atoms with Crippen LogP contribution < -0.4 is 0 Å². The van der Waals surface area contributed by atoms with Gasteiger partial charge in [0.15, 0.2) is 0 Å². The Morgan fingerprint density at radius 3 is 2.83 bits per heavy atom. The van der Waals surface area contributed by atoms with Crippen LogP contribution in [0.5, 0.6) is 0 Å². The molecule has 0 atom stereocenters. The SMILES string of the molecule is CSc1sc(-c2ccn[nH]2)c2c1C(=O)N(Cc1ccncc1)CC2. The number of H-pyrrole nitrogens is 1. The summed E-state index contributed by atoms with van der Waals surface area (Å²) in [4.78, 5) is 20.2. The lowest BCUT2D eigenvalue weighted by molar-refractivity contribution is 0.0724. The Balaban J connectivity index is 1.70. The highest BCUT2D eigenvalue weighted by molar-refractivity contribution is 8.00. The number of nitrogens with one attached hydrogen (secondary N) is 1. The van der Waals surface area contributed by atoms with Gasteiger partial charge in [-0.2, -0.15) is 5.10 Å². The van der Waals surface area contributed by atoms with Gasteiger partial charge in [0, 0.05) is 31.7 Å². The molecule has 5 nitrogen and oxygen atoms in total. The molecule has 1 amide bonds. The first-order chi connectivity index (χ1) is 11.8. The van der Waals surface area contributed by atoms with Crippen LogP contribution in [0.25, 0.3) is 10.6 Å². The summed E-state index contributed by atoms with van der Waals surface area (Å²) in [6.07, 6.45) is 8.18. The summed E-state index contributed by atoms with van der Waals surface area (Å²) < 4.78 is 1.08. The van der Waals surface area contributed by atoms with E-state index in [-0.39, 0.29) is 5.91 Å². The third kappa shape index (κ3) is 2.63. The molecule has 0 unspecified atom stereocenters. The van der Waals surface area contributed by atoms with Crippen LogP contribution in [0.2, 0.25) is 0 Å². The number of aromatic nitrogens is 3. The highest BCUT2D eigenvalue weighted by Gasteiger charge is 2.32. The van der Waals surface area contributed by atoms with E-state index in [4.69, 9.17) is 0 Å².